The van der Waals surface area contributed by atoms with Crippen molar-refractivity contribution in [1.29, 1.82) is 0 Å². The first-order valence-electron chi connectivity index (χ1n) is 11.9. The van der Waals surface area contributed by atoms with Crippen LogP contribution in [-0.2, 0) is 11.4 Å². The van der Waals surface area contributed by atoms with Gasteiger partial charge in [-0.1, -0.05) is 71.3 Å². The molecule has 37 heavy (non-hydrogen) atoms. The van der Waals surface area contributed by atoms with E-state index in [0.717, 1.165) is 39.4 Å². The lowest BCUT2D eigenvalue weighted by atomic mass is 10.2. The Labute approximate surface area is 226 Å². The van der Waals surface area contributed by atoms with Crippen LogP contribution in [0.1, 0.15) is 22.3 Å². The minimum Gasteiger partial charge on any atom is -0.489 e. The van der Waals surface area contributed by atoms with Gasteiger partial charge in [-0.15, -0.1) is 0 Å². The Kier molecular flexibility index (Phi) is 7.45. The smallest absolute Gasteiger partial charge is 0.271 e. The molecule has 0 radical (unpaired) electrons. The Morgan fingerprint density at radius 1 is 0.892 bits per heavy atom. The van der Waals surface area contributed by atoms with Gasteiger partial charge in [-0.25, -0.2) is 4.99 Å². The Balaban J connectivity index is 1.38. The number of nitrogens with zero attached hydrogens (tertiary/aromatic N) is 2. The van der Waals surface area contributed by atoms with E-state index in [1.807, 2.05) is 117 Å². The first-order valence-corrected chi connectivity index (χ1v) is 13.1. The summed E-state index contributed by atoms with van der Waals surface area (Å²) >= 11 is 7.43. The van der Waals surface area contributed by atoms with Gasteiger partial charge in [-0.3, -0.25) is 9.69 Å². The Morgan fingerprint density at radius 2 is 1.57 bits per heavy atom. The average Bonchev–Trinajstić information content (AvgIpc) is 3.19. The Bertz CT molecular complexity index is 1480. The van der Waals surface area contributed by atoms with Gasteiger partial charge in [0.15, 0.2) is 5.17 Å². The number of amidine groups is 1. The van der Waals surface area contributed by atoms with Crippen LogP contribution in [0.2, 0.25) is 5.02 Å². The highest BCUT2D eigenvalue weighted by atomic mass is 35.5. The number of amides is 1. The molecule has 0 saturated carbocycles. The molecule has 5 rings (SSSR count). The third kappa shape index (κ3) is 6.13. The van der Waals surface area contributed by atoms with Gasteiger partial charge in [0.25, 0.3) is 5.91 Å². The summed E-state index contributed by atoms with van der Waals surface area (Å²) < 4.78 is 5.89. The van der Waals surface area contributed by atoms with Gasteiger partial charge < -0.3 is 4.74 Å². The van der Waals surface area contributed by atoms with Crippen molar-refractivity contribution in [2.45, 2.75) is 20.5 Å². The molecule has 6 heteroatoms. The van der Waals surface area contributed by atoms with E-state index in [9.17, 15) is 4.79 Å². The van der Waals surface area contributed by atoms with Gasteiger partial charge in [0.05, 0.1) is 16.3 Å². The maximum atomic E-state index is 13.5. The van der Waals surface area contributed by atoms with Crippen molar-refractivity contribution in [3.63, 3.8) is 0 Å². The summed E-state index contributed by atoms with van der Waals surface area (Å²) in [5.41, 5.74) is 5.81. The van der Waals surface area contributed by atoms with E-state index >= 15 is 0 Å². The highest BCUT2D eigenvalue weighted by molar-refractivity contribution is 8.19. The molecule has 0 N–H and O–H groups in total. The molecular formula is C31H25ClN2O2S. The van der Waals surface area contributed by atoms with Crippen molar-refractivity contribution in [2.24, 2.45) is 4.99 Å². The quantitative estimate of drug-likeness (QED) is 0.238. The Morgan fingerprint density at radius 3 is 2.24 bits per heavy atom. The van der Waals surface area contributed by atoms with Gasteiger partial charge in [0.2, 0.25) is 0 Å². The van der Waals surface area contributed by atoms with Crippen LogP contribution in [0.5, 0.6) is 5.75 Å². The molecule has 1 saturated heterocycles. The molecule has 1 fully saturated rings. The number of thioether (sulfide) groups is 1. The number of benzene rings is 4. The Hall–Kier alpha value is -3.80. The van der Waals surface area contributed by atoms with Crippen molar-refractivity contribution in [2.75, 3.05) is 4.90 Å². The van der Waals surface area contributed by atoms with Crippen LogP contribution in [0.3, 0.4) is 0 Å². The van der Waals surface area contributed by atoms with E-state index in [1.54, 1.807) is 4.90 Å². The van der Waals surface area contributed by atoms with Crippen molar-refractivity contribution in [3.8, 4) is 5.75 Å². The third-order valence-electron chi connectivity index (χ3n) is 5.83. The van der Waals surface area contributed by atoms with E-state index in [0.29, 0.717) is 21.7 Å². The van der Waals surface area contributed by atoms with Gasteiger partial charge in [0, 0.05) is 5.02 Å². The minimum atomic E-state index is -0.0963. The summed E-state index contributed by atoms with van der Waals surface area (Å²) in [6, 6.07) is 31.2. The van der Waals surface area contributed by atoms with Crippen LogP contribution in [-0.4, -0.2) is 11.1 Å². The summed E-state index contributed by atoms with van der Waals surface area (Å²) in [5.74, 6) is 0.649. The van der Waals surface area contributed by atoms with E-state index in [1.165, 1.54) is 11.8 Å². The van der Waals surface area contributed by atoms with Crippen molar-refractivity contribution >= 4 is 51.9 Å². The zero-order chi connectivity index (χ0) is 25.8. The van der Waals surface area contributed by atoms with Crippen LogP contribution in [0.4, 0.5) is 11.4 Å². The third-order valence-corrected chi connectivity index (χ3v) is 7.03. The SMILES string of the molecule is Cc1ccc(N=C2S/C(=C\c3ccc(OCc4cccc(Cl)c4)cc3)C(=O)N2c2ccc(C)cc2)cc1. The van der Waals surface area contributed by atoms with E-state index in [-0.39, 0.29) is 5.91 Å². The first-order chi connectivity index (χ1) is 17.9. The van der Waals surface area contributed by atoms with Gasteiger partial charge >= 0.3 is 0 Å². The number of hydrogen-bond donors (Lipinski definition) is 0. The molecule has 0 aromatic heterocycles. The number of carbonyl (C=O) groups is 1. The van der Waals surface area contributed by atoms with Crippen LogP contribution >= 0.6 is 23.4 Å². The number of aliphatic imine (C=N–C) groups is 1. The zero-order valence-electron chi connectivity index (χ0n) is 20.5. The molecule has 1 aliphatic rings. The molecule has 4 aromatic rings. The fourth-order valence-electron chi connectivity index (χ4n) is 3.81. The fourth-order valence-corrected chi connectivity index (χ4v) is 5.02. The number of carbonyl (C=O) groups excluding carboxylic acids is 1. The topological polar surface area (TPSA) is 41.9 Å². The summed E-state index contributed by atoms with van der Waals surface area (Å²) in [7, 11) is 0. The van der Waals surface area contributed by atoms with Crippen molar-refractivity contribution in [1.82, 2.24) is 0 Å². The van der Waals surface area contributed by atoms with E-state index in [2.05, 4.69) is 0 Å². The maximum Gasteiger partial charge on any atom is 0.271 e. The highest BCUT2D eigenvalue weighted by Gasteiger charge is 2.34. The largest absolute Gasteiger partial charge is 0.489 e. The molecule has 0 bridgehead atoms. The lowest BCUT2D eigenvalue weighted by molar-refractivity contribution is -0.113. The normalized spacial score (nSPS) is 15.5. The molecule has 0 spiro atoms. The lowest BCUT2D eigenvalue weighted by Gasteiger charge is -2.16. The predicted molar refractivity (Wildman–Crippen MR) is 155 cm³/mol. The van der Waals surface area contributed by atoms with Crippen LogP contribution in [0.15, 0.2) is 107 Å². The number of hydrogen-bond acceptors (Lipinski definition) is 4. The molecule has 0 unspecified atom stereocenters. The molecule has 1 heterocycles. The van der Waals surface area contributed by atoms with Crippen molar-refractivity contribution in [3.05, 3.63) is 129 Å². The first kappa shape index (κ1) is 24.9. The molecular weight excluding hydrogens is 500 g/mol. The zero-order valence-corrected chi connectivity index (χ0v) is 22.1. The van der Waals surface area contributed by atoms with Crippen LogP contribution in [0.25, 0.3) is 6.08 Å². The average molecular weight is 525 g/mol. The van der Waals surface area contributed by atoms with Gasteiger partial charge in [0.1, 0.15) is 12.4 Å². The number of anilines is 1. The summed E-state index contributed by atoms with van der Waals surface area (Å²) in [4.78, 5) is 20.6. The maximum absolute atomic E-state index is 13.5. The molecule has 4 aromatic carbocycles. The number of halogens is 1. The standard InChI is InChI=1S/C31H25ClN2O2S/c1-21-6-12-26(13-7-21)33-31-34(27-14-8-22(2)9-15-27)30(35)29(37-31)19-23-10-16-28(17-11-23)36-20-24-4-3-5-25(32)18-24/h3-19H,20H2,1-2H3/b29-19-,33-31?. The minimum absolute atomic E-state index is 0.0963. The second-order valence-electron chi connectivity index (χ2n) is 8.80. The number of rotatable bonds is 6. The van der Waals surface area contributed by atoms with Crippen LogP contribution in [0, 0.1) is 13.8 Å². The monoisotopic (exact) mass is 524 g/mol. The second-order valence-corrected chi connectivity index (χ2v) is 10.2. The lowest BCUT2D eigenvalue weighted by Crippen LogP contribution is -2.28. The molecule has 1 amide bonds. The van der Waals surface area contributed by atoms with E-state index < -0.39 is 0 Å². The summed E-state index contributed by atoms with van der Waals surface area (Å²) in [6.07, 6.45) is 1.90. The second kappa shape index (κ2) is 11.1. The van der Waals surface area contributed by atoms with E-state index in [4.69, 9.17) is 21.3 Å². The molecule has 184 valence electrons. The molecule has 4 nitrogen and oxygen atoms in total. The molecule has 0 aliphatic carbocycles. The summed E-state index contributed by atoms with van der Waals surface area (Å²) in [5, 5.41) is 1.32. The molecule has 0 atom stereocenters. The number of aryl methyl sites for hydroxylation is 2. The van der Waals surface area contributed by atoms with Crippen LogP contribution < -0.4 is 9.64 Å². The molecule has 1 aliphatic heterocycles. The fraction of sp³-hybridized carbons (Fsp3) is 0.0968. The predicted octanol–water partition coefficient (Wildman–Crippen LogP) is 8.34. The number of ether oxygens (including phenoxy) is 1. The summed E-state index contributed by atoms with van der Waals surface area (Å²) in [6.45, 7) is 4.50. The van der Waals surface area contributed by atoms with Crippen molar-refractivity contribution < 1.29 is 9.53 Å². The van der Waals surface area contributed by atoms with Gasteiger partial charge in [-0.2, -0.15) is 0 Å². The highest BCUT2D eigenvalue weighted by Crippen LogP contribution is 2.37. The van der Waals surface area contributed by atoms with Gasteiger partial charge in [-0.05, 0) is 91.3 Å².